The molecule has 2 aliphatic rings. The zero-order chi connectivity index (χ0) is 11.8. The highest BCUT2D eigenvalue weighted by atomic mass is 16.2. The fourth-order valence-corrected chi connectivity index (χ4v) is 2.79. The summed E-state index contributed by atoms with van der Waals surface area (Å²) in [5, 5.41) is 6.36. The fourth-order valence-electron chi connectivity index (χ4n) is 2.79. The molecule has 2 rings (SSSR count). The lowest BCUT2D eigenvalue weighted by Gasteiger charge is -2.41. The van der Waals surface area contributed by atoms with Crippen molar-refractivity contribution in [3.63, 3.8) is 0 Å². The minimum atomic E-state index is -0.357. The Balaban J connectivity index is 2.04. The van der Waals surface area contributed by atoms with E-state index in [2.05, 4.69) is 10.6 Å². The number of nitrogens with one attached hydrogen (secondary N) is 2. The van der Waals surface area contributed by atoms with Gasteiger partial charge in [0.2, 0.25) is 11.8 Å². The first-order chi connectivity index (χ1) is 7.49. The number of primary amides is 1. The first-order valence-electron chi connectivity index (χ1n) is 5.56. The molecule has 2 saturated heterocycles. The molecule has 2 unspecified atom stereocenters. The first kappa shape index (κ1) is 11.3. The molecule has 0 aromatic heterocycles. The van der Waals surface area contributed by atoms with Crippen molar-refractivity contribution in [1.29, 1.82) is 0 Å². The average molecular weight is 226 g/mol. The van der Waals surface area contributed by atoms with Gasteiger partial charge in [-0.2, -0.15) is 0 Å². The third-order valence-corrected chi connectivity index (χ3v) is 3.17. The third-order valence-electron chi connectivity index (χ3n) is 3.17. The lowest BCUT2D eigenvalue weighted by Crippen LogP contribution is -2.67. The molecule has 2 heterocycles. The quantitative estimate of drug-likeness (QED) is 0.539. The molecule has 6 heteroatoms. The number of fused-ring (bicyclic) bond motifs is 2. The van der Waals surface area contributed by atoms with Gasteiger partial charge in [0.05, 0.1) is 6.54 Å². The Bertz CT molecular complexity index is 320. The van der Waals surface area contributed by atoms with Gasteiger partial charge in [0.1, 0.15) is 5.66 Å². The molecule has 0 aromatic rings. The van der Waals surface area contributed by atoms with Crippen molar-refractivity contribution in [2.24, 2.45) is 5.73 Å². The highest BCUT2D eigenvalue weighted by molar-refractivity contribution is 5.76. The van der Waals surface area contributed by atoms with Crippen LogP contribution in [-0.2, 0) is 9.59 Å². The van der Waals surface area contributed by atoms with E-state index in [0.717, 1.165) is 19.4 Å². The van der Waals surface area contributed by atoms with Gasteiger partial charge in [0, 0.05) is 26.1 Å². The Kier molecular flexibility index (Phi) is 2.86. The SMILES string of the molecule is CC(=O)NC12CCC(CN(CC(N)=O)C1)N2. The van der Waals surface area contributed by atoms with Gasteiger partial charge in [-0.05, 0) is 12.8 Å². The van der Waals surface area contributed by atoms with Crippen molar-refractivity contribution in [3.8, 4) is 0 Å². The van der Waals surface area contributed by atoms with Crippen LogP contribution in [0.25, 0.3) is 0 Å². The van der Waals surface area contributed by atoms with Crippen LogP contribution in [0.2, 0.25) is 0 Å². The van der Waals surface area contributed by atoms with Crippen molar-refractivity contribution in [1.82, 2.24) is 15.5 Å². The van der Waals surface area contributed by atoms with Gasteiger partial charge in [-0.15, -0.1) is 0 Å². The monoisotopic (exact) mass is 226 g/mol. The van der Waals surface area contributed by atoms with Gasteiger partial charge in [-0.25, -0.2) is 0 Å². The summed E-state index contributed by atoms with van der Waals surface area (Å²) >= 11 is 0. The molecule has 90 valence electrons. The smallest absolute Gasteiger partial charge is 0.231 e. The Labute approximate surface area is 94.5 Å². The first-order valence-corrected chi connectivity index (χ1v) is 5.56. The lowest BCUT2D eigenvalue weighted by atomic mass is 10.1. The molecule has 0 aliphatic carbocycles. The topological polar surface area (TPSA) is 87.5 Å². The summed E-state index contributed by atoms with van der Waals surface area (Å²) in [6.07, 6.45) is 1.93. The number of likely N-dealkylation sites (tertiary alicyclic amines) is 1. The van der Waals surface area contributed by atoms with E-state index in [4.69, 9.17) is 5.73 Å². The minimum absolute atomic E-state index is 0.0472. The number of piperazine rings is 1. The van der Waals surface area contributed by atoms with Crippen LogP contribution in [0.3, 0.4) is 0 Å². The van der Waals surface area contributed by atoms with E-state index in [-0.39, 0.29) is 24.0 Å². The molecule has 0 spiro atoms. The molecule has 0 radical (unpaired) electrons. The normalized spacial score (nSPS) is 33.7. The molecule has 6 nitrogen and oxygen atoms in total. The maximum Gasteiger partial charge on any atom is 0.231 e. The van der Waals surface area contributed by atoms with Gasteiger partial charge >= 0.3 is 0 Å². The van der Waals surface area contributed by atoms with Crippen LogP contribution in [-0.4, -0.2) is 48.1 Å². The van der Waals surface area contributed by atoms with E-state index >= 15 is 0 Å². The molecular weight excluding hydrogens is 208 g/mol. The molecule has 4 N–H and O–H groups in total. The fraction of sp³-hybridized carbons (Fsp3) is 0.800. The molecule has 2 atom stereocenters. The summed E-state index contributed by atoms with van der Waals surface area (Å²) in [4.78, 5) is 24.1. The van der Waals surface area contributed by atoms with Crippen molar-refractivity contribution >= 4 is 11.8 Å². The van der Waals surface area contributed by atoms with Crippen molar-refractivity contribution < 1.29 is 9.59 Å². The number of carbonyl (C=O) groups is 2. The van der Waals surface area contributed by atoms with Gasteiger partial charge in [-0.3, -0.25) is 19.8 Å². The van der Waals surface area contributed by atoms with E-state index in [1.54, 1.807) is 0 Å². The van der Waals surface area contributed by atoms with Crippen LogP contribution < -0.4 is 16.4 Å². The Morgan fingerprint density at radius 2 is 2.38 bits per heavy atom. The van der Waals surface area contributed by atoms with Gasteiger partial charge in [0.15, 0.2) is 0 Å². The standard InChI is InChI=1S/C10H18N4O2/c1-7(15)12-10-3-2-8(13-10)4-14(6-10)5-9(11)16/h8,13H,2-6H2,1H3,(H2,11,16)(H,12,15). The Hall–Kier alpha value is -1.14. The summed E-state index contributed by atoms with van der Waals surface area (Å²) in [7, 11) is 0. The number of hydrogen-bond acceptors (Lipinski definition) is 4. The molecule has 16 heavy (non-hydrogen) atoms. The summed E-state index contributed by atoms with van der Waals surface area (Å²) in [6, 6.07) is 0.347. The molecule has 2 bridgehead atoms. The molecule has 0 aromatic carbocycles. The second kappa shape index (κ2) is 4.03. The number of hydrogen-bond donors (Lipinski definition) is 3. The van der Waals surface area contributed by atoms with Crippen molar-refractivity contribution in [2.45, 2.75) is 31.5 Å². The van der Waals surface area contributed by atoms with E-state index in [0.29, 0.717) is 12.6 Å². The number of nitrogens with zero attached hydrogens (tertiary/aromatic N) is 1. The Morgan fingerprint density at radius 3 is 3.00 bits per heavy atom. The summed E-state index contributed by atoms with van der Waals surface area (Å²) in [5.74, 6) is -0.367. The van der Waals surface area contributed by atoms with E-state index in [1.165, 1.54) is 6.92 Å². The van der Waals surface area contributed by atoms with Gasteiger partial charge < -0.3 is 11.1 Å². The summed E-state index contributed by atoms with van der Waals surface area (Å²) < 4.78 is 0. The minimum Gasteiger partial charge on any atom is -0.369 e. The van der Waals surface area contributed by atoms with Crippen LogP contribution in [0, 0.1) is 0 Å². The Morgan fingerprint density at radius 1 is 1.62 bits per heavy atom. The molecule has 0 saturated carbocycles. The van der Waals surface area contributed by atoms with Crippen molar-refractivity contribution in [2.75, 3.05) is 19.6 Å². The molecule has 2 fully saturated rings. The molecule has 2 aliphatic heterocycles. The van der Waals surface area contributed by atoms with Crippen LogP contribution in [0.15, 0.2) is 0 Å². The van der Waals surface area contributed by atoms with Crippen LogP contribution in [0.1, 0.15) is 19.8 Å². The molecular formula is C10H18N4O2. The van der Waals surface area contributed by atoms with Crippen LogP contribution in [0.4, 0.5) is 0 Å². The van der Waals surface area contributed by atoms with Gasteiger partial charge in [-0.1, -0.05) is 0 Å². The van der Waals surface area contributed by atoms with Crippen LogP contribution >= 0.6 is 0 Å². The zero-order valence-electron chi connectivity index (χ0n) is 9.45. The number of rotatable bonds is 3. The maximum absolute atomic E-state index is 11.2. The molecule has 2 amide bonds. The second-order valence-corrected chi connectivity index (χ2v) is 4.78. The average Bonchev–Trinajstić information content (AvgIpc) is 2.39. The summed E-state index contributed by atoms with van der Waals surface area (Å²) in [6.45, 7) is 3.24. The lowest BCUT2D eigenvalue weighted by molar-refractivity contribution is -0.122. The van der Waals surface area contributed by atoms with Crippen molar-refractivity contribution in [3.05, 3.63) is 0 Å². The predicted octanol–water partition coefficient (Wildman–Crippen LogP) is -1.63. The summed E-state index contributed by atoms with van der Waals surface area (Å²) in [5.41, 5.74) is 4.83. The largest absolute Gasteiger partial charge is 0.369 e. The zero-order valence-corrected chi connectivity index (χ0v) is 9.45. The van der Waals surface area contributed by atoms with E-state index < -0.39 is 0 Å². The second-order valence-electron chi connectivity index (χ2n) is 4.78. The third kappa shape index (κ3) is 2.33. The highest BCUT2D eigenvalue weighted by Crippen LogP contribution is 2.27. The van der Waals surface area contributed by atoms with Crippen LogP contribution in [0.5, 0.6) is 0 Å². The highest BCUT2D eigenvalue weighted by Gasteiger charge is 2.45. The predicted molar refractivity (Wildman–Crippen MR) is 58.3 cm³/mol. The number of carbonyl (C=O) groups excluding carboxylic acids is 2. The number of amides is 2. The van der Waals surface area contributed by atoms with E-state index in [9.17, 15) is 9.59 Å². The number of nitrogens with two attached hydrogens (primary N) is 1. The van der Waals surface area contributed by atoms with E-state index in [1.807, 2.05) is 4.90 Å². The van der Waals surface area contributed by atoms with Gasteiger partial charge in [0.25, 0.3) is 0 Å². The maximum atomic E-state index is 11.2.